The van der Waals surface area contributed by atoms with E-state index in [2.05, 4.69) is 10.6 Å². The van der Waals surface area contributed by atoms with Crippen LogP contribution >= 0.6 is 0 Å². The lowest BCUT2D eigenvalue weighted by molar-refractivity contribution is -0.117. The molecule has 34 heavy (non-hydrogen) atoms. The number of para-hydroxylation sites is 1. The quantitative estimate of drug-likeness (QED) is 0.398. The van der Waals surface area contributed by atoms with Gasteiger partial charge in [-0.3, -0.25) is 14.4 Å². The molecule has 0 radical (unpaired) electrons. The highest BCUT2D eigenvalue weighted by Crippen LogP contribution is 2.27. The van der Waals surface area contributed by atoms with Crippen molar-refractivity contribution in [2.45, 2.75) is 6.92 Å². The number of primary amides is 1. The Morgan fingerprint density at radius 1 is 0.882 bits per heavy atom. The van der Waals surface area contributed by atoms with Gasteiger partial charge in [-0.1, -0.05) is 42.5 Å². The van der Waals surface area contributed by atoms with Gasteiger partial charge in [-0.25, -0.2) is 4.68 Å². The molecule has 0 aliphatic carbocycles. The Labute approximate surface area is 196 Å². The van der Waals surface area contributed by atoms with Crippen molar-refractivity contribution in [2.75, 3.05) is 11.9 Å². The van der Waals surface area contributed by atoms with Gasteiger partial charge >= 0.3 is 0 Å². The van der Waals surface area contributed by atoms with Crippen molar-refractivity contribution in [3.05, 3.63) is 102 Å². The first kappa shape index (κ1) is 22.5. The van der Waals surface area contributed by atoms with Crippen molar-refractivity contribution < 1.29 is 14.4 Å². The van der Waals surface area contributed by atoms with Gasteiger partial charge in [0.25, 0.3) is 11.8 Å². The highest BCUT2D eigenvalue weighted by Gasteiger charge is 2.20. The highest BCUT2D eigenvalue weighted by molar-refractivity contribution is 6.08. The molecule has 170 valence electrons. The molecule has 4 N–H and O–H groups in total. The van der Waals surface area contributed by atoms with Crippen LogP contribution < -0.4 is 16.4 Å². The van der Waals surface area contributed by atoms with Gasteiger partial charge in [0.1, 0.15) is 5.69 Å². The van der Waals surface area contributed by atoms with Crippen LogP contribution in [-0.2, 0) is 4.79 Å². The fraction of sp³-hybridized carbons (Fsp3) is 0.0769. The number of anilines is 1. The predicted octanol–water partition coefficient (Wildman–Crippen LogP) is 3.32. The van der Waals surface area contributed by atoms with E-state index in [0.29, 0.717) is 22.5 Å². The third-order valence-corrected chi connectivity index (χ3v) is 5.21. The Hall–Kier alpha value is -4.72. The summed E-state index contributed by atoms with van der Waals surface area (Å²) in [5, 5.41) is 10.0. The van der Waals surface area contributed by atoms with Gasteiger partial charge in [0.05, 0.1) is 17.8 Å². The monoisotopic (exact) mass is 453 g/mol. The molecular weight excluding hydrogens is 430 g/mol. The van der Waals surface area contributed by atoms with Crippen LogP contribution in [0.3, 0.4) is 0 Å². The van der Waals surface area contributed by atoms with Crippen LogP contribution in [0.4, 0.5) is 5.69 Å². The van der Waals surface area contributed by atoms with Crippen LogP contribution in [-0.4, -0.2) is 34.0 Å². The first-order valence-corrected chi connectivity index (χ1v) is 10.6. The molecule has 8 nitrogen and oxygen atoms in total. The molecule has 0 spiro atoms. The van der Waals surface area contributed by atoms with E-state index in [1.165, 1.54) is 0 Å². The van der Waals surface area contributed by atoms with Crippen LogP contribution in [0.5, 0.6) is 0 Å². The molecule has 4 aromatic rings. The summed E-state index contributed by atoms with van der Waals surface area (Å²) in [7, 11) is 0. The van der Waals surface area contributed by atoms with Gasteiger partial charge in [-0.15, -0.1) is 0 Å². The molecule has 0 saturated heterocycles. The van der Waals surface area contributed by atoms with Crippen molar-refractivity contribution in [3.63, 3.8) is 0 Å². The number of rotatable bonds is 7. The Balaban J connectivity index is 1.61. The number of nitrogens with zero attached hydrogens (tertiary/aromatic N) is 2. The topological polar surface area (TPSA) is 119 Å². The maximum absolute atomic E-state index is 13.3. The van der Waals surface area contributed by atoms with Crippen LogP contribution in [0, 0.1) is 6.92 Å². The van der Waals surface area contributed by atoms with E-state index in [1.54, 1.807) is 35.1 Å². The Morgan fingerprint density at radius 2 is 1.56 bits per heavy atom. The minimum Gasteiger partial charge on any atom is -0.368 e. The molecule has 8 heteroatoms. The number of carbonyl (C=O) groups excluding carboxylic acids is 3. The number of amides is 3. The third kappa shape index (κ3) is 5.02. The van der Waals surface area contributed by atoms with Gasteiger partial charge < -0.3 is 16.4 Å². The van der Waals surface area contributed by atoms with E-state index >= 15 is 0 Å². The SMILES string of the molecule is Cc1ccccc1-c1nn(-c2ccccc2)cc1C(=O)Nc1ccc(C(=O)NCC(N)=O)cc1. The lowest BCUT2D eigenvalue weighted by Crippen LogP contribution is -2.33. The maximum atomic E-state index is 13.3. The zero-order valence-corrected chi connectivity index (χ0v) is 18.5. The average Bonchev–Trinajstić information content (AvgIpc) is 3.29. The van der Waals surface area contributed by atoms with Crippen LogP contribution in [0.25, 0.3) is 16.9 Å². The highest BCUT2D eigenvalue weighted by atomic mass is 16.2. The summed E-state index contributed by atoms with van der Waals surface area (Å²) in [6, 6.07) is 23.7. The summed E-state index contributed by atoms with van der Waals surface area (Å²) >= 11 is 0. The molecule has 0 fully saturated rings. The van der Waals surface area contributed by atoms with Crippen LogP contribution in [0.15, 0.2) is 85.1 Å². The predicted molar refractivity (Wildman–Crippen MR) is 130 cm³/mol. The molecule has 0 atom stereocenters. The number of benzene rings is 3. The summed E-state index contributed by atoms with van der Waals surface area (Å²) in [6.07, 6.45) is 1.71. The van der Waals surface area contributed by atoms with Crippen molar-refractivity contribution in [2.24, 2.45) is 5.73 Å². The fourth-order valence-electron chi connectivity index (χ4n) is 3.46. The molecule has 0 bridgehead atoms. The number of aryl methyl sites for hydroxylation is 1. The number of carbonyl (C=O) groups is 3. The van der Waals surface area contributed by atoms with E-state index in [0.717, 1.165) is 16.8 Å². The van der Waals surface area contributed by atoms with Crippen LogP contribution in [0.1, 0.15) is 26.3 Å². The Morgan fingerprint density at radius 3 is 2.24 bits per heavy atom. The lowest BCUT2D eigenvalue weighted by atomic mass is 10.0. The number of aromatic nitrogens is 2. The minimum absolute atomic E-state index is 0.246. The Kier molecular flexibility index (Phi) is 6.49. The average molecular weight is 454 g/mol. The summed E-state index contributed by atoms with van der Waals surface area (Å²) in [5.74, 6) is -1.38. The van der Waals surface area contributed by atoms with Crippen molar-refractivity contribution in [3.8, 4) is 16.9 Å². The lowest BCUT2D eigenvalue weighted by Gasteiger charge is -2.08. The largest absolute Gasteiger partial charge is 0.368 e. The summed E-state index contributed by atoms with van der Waals surface area (Å²) in [5.41, 5.74) is 9.60. The molecule has 1 heterocycles. The van der Waals surface area contributed by atoms with Gasteiger partial charge in [-0.05, 0) is 48.9 Å². The van der Waals surface area contributed by atoms with Gasteiger partial charge in [0.2, 0.25) is 5.91 Å². The molecule has 0 aliphatic heterocycles. The zero-order valence-electron chi connectivity index (χ0n) is 18.5. The normalized spacial score (nSPS) is 10.5. The second kappa shape index (κ2) is 9.83. The van der Waals surface area contributed by atoms with Crippen molar-refractivity contribution in [1.29, 1.82) is 0 Å². The molecule has 0 saturated carbocycles. The fourth-order valence-corrected chi connectivity index (χ4v) is 3.46. The van der Waals surface area contributed by atoms with E-state index in [-0.39, 0.29) is 12.5 Å². The number of nitrogens with one attached hydrogen (secondary N) is 2. The molecule has 1 aromatic heterocycles. The van der Waals surface area contributed by atoms with Crippen LogP contribution in [0.2, 0.25) is 0 Å². The van der Waals surface area contributed by atoms with Crippen molar-refractivity contribution >= 4 is 23.4 Å². The minimum atomic E-state index is -0.627. The third-order valence-electron chi connectivity index (χ3n) is 5.21. The summed E-state index contributed by atoms with van der Waals surface area (Å²) in [6.45, 7) is 1.73. The zero-order chi connectivity index (χ0) is 24.1. The molecular formula is C26H23N5O3. The number of hydrogen-bond acceptors (Lipinski definition) is 4. The van der Waals surface area contributed by atoms with E-state index in [9.17, 15) is 14.4 Å². The molecule has 0 unspecified atom stereocenters. The molecule has 3 aromatic carbocycles. The van der Waals surface area contributed by atoms with E-state index < -0.39 is 11.8 Å². The first-order valence-electron chi connectivity index (χ1n) is 10.6. The van der Waals surface area contributed by atoms with Gasteiger partial charge in [0, 0.05) is 23.0 Å². The van der Waals surface area contributed by atoms with E-state index in [1.807, 2.05) is 61.5 Å². The number of hydrogen-bond donors (Lipinski definition) is 3. The second-order valence-electron chi connectivity index (χ2n) is 7.67. The van der Waals surface area contributed by atoms with Gasteiger partial charge in [-0.2, -0.15) is 5.10 Å². The first-order chi connectivity index (χ1) is 16.4. The standard InChI is InChI=1S/C26H23N5O3/c1-17-7-5-6-10-21(17)24-22(16-31(30-24)20-8-3-2-4-9-20)26(34)29-19-13-11-18(12-14-19)25(33)28-15-23(27)32/h2-14,16H,15H2,1H3,(H2,27,32)(H,28,33)(H,29,34). The number of nitrogens with two attached hydrogens (primary N) is 1. The summed E-state index contributed by atoms with van der Waals surface area (Å²) < 4.78 is 1.68. The van der Waals surface area contributed by atoms with Gasteiger partial charge in [0.15, 0.2) is 0 Å². The maximum Gasteiger partial charge on any atom is 0.259 e. The Bertz CT molecular complexity index is 1340. The summed E-state index contributed by atoms with van der Waals surface area (Å²) in [4.78, 5) is 36.2. The molecule has 4 rings (SSSR count). The van der Waals surface area contributed by atoms with E-state index in [4.69, 9.17) is 10.8 Å². The second-order valence-corrected chi connectivity index (χ2v) is 7.67. The van der Waals surface area contributed by atoms with Crippen molar-refractivity contribution in [1.82, 2.24) is 15.1 Å². The smallest absolute Gasteiger partial charge is 0.259 e. The molecule has 3 amide bonds. The molecule has 0 aliphatic rings.